The van der Waals surface area contributed by atoms with Crippen molar-refractivity contribution in [2.75, 3.05) is 12.8 Å². The number of aromatic nitrogens is 2. The van der Waals surface area contributed by atoms with Crippen molar-refractivity contribution in [3.63, 3.8) is 0 Å². The van der Waals surface area contributed by atoms with Crippen LogP contribution in [0.3, 0.4) is 0 Å². The molecule has 0 spiro atoms. The minimum absolute atomic E-state index is 0.523. The van der Waals surface area contributed by atoms with Crippen molar-refractivity contribution in [1.29, 1.82) is 0 Å². The van der Waals surface area contributed by atoms with Crippen LogP contribution < -0.4 is 5.32 Å². The highest BCUT2D eigenvalue weighted by Gasteiger charge is 2.35. The van der Waals surface area contributed by atoms with Crippen molar-refractivity contribution >= 4 is 11.8 Å². The third kappa shape index (κ3) is 3.05. The van der Waals surface area contributed by atoms with Crippen molar-refractivity contribution in [3.05, 3.63) is 18.2 Å². The van der Waals surface area contributed by atoms with Crippen LogP contribution in [0.1, 0.15) is 38.3 Å². The maximum atomic E-state index is 4.23. The van der Waals surface area contributed by atoms with E-state index in [2.05, 4.69) is 28.0 Å². The highest BCUT2D eigenvalue weighted by molar-refractivity contribution is 8.00. The first-order chi connectivity index (χ1) is 8.29. The molecule has 0 unspecified atom stereocenters. The molecule has 1 heterocycles. The predicted octanol–water partition coefficient (Wildman–Crippen LogP) is 2.67. The zero-order valence-corrected chi connectivity index (χ0v) is 11.7. The van der Waals surface area contributed by atoms with Gasteiger partial charge in [0, 0.05) is 30.6 Å². The van der Waals surface area contributed by atoms with Gasteiger partial charge in [-0.1, -0.05) is 13.3 Å². The lowest BCUT2D eigenvalue weighted by atomic mass is 9.84. The molecule has 1 aromatic rings. The smallest absolute Gasteiger partial charge is 0.0948 e. The molecule has 0 saturated heterocycles. The van der Waals surface area contributed by atoms with E-state index in [1.165, 1.54) is 25.0 Å². The van der Waals surface area contributed by atoms with Crippen LogP contribution in [0.5, 0.6) is 0 Å². The van der Waals surface area contributed by atoms with Gasteiger partial charge in [-0.05, 0) is 25.5 Å². The van der Waals surface area contributed by atoms with Gasteiger partial charge >= 0.3 is 0 Å². The Balaban J connectivity index is 1.79. The monoisotopic (exact) mass is 253 g/mol. The van der Waals surface area contributed by atoms with Crippen molar-refractivity contribution < 1.29 is 0 Å². The molecule has 0 amide bonds. The molecule has 3 nitrogen and oxygen atoms in total. The molecule has 1 saturated carbocycles. The molecular weight excluding hydrogens is 230 g/mol. The molecular formula is C13H23N3S. The van der Waals surface area contributed by atoms with Crippen LogP contribution in [-0.4, -0.2) is 27.1 Å². The highest BCUT2D eigenvalue weighted by atomic mass is 32.2. The number of nitrogens with one attached hydrogen (secondary N) is 1. The van der Waals surface area contributed by atoms with Crippen molar-refractivity contribution in [3.8, 4) is 0 Å². The molecule has 0 aliphatic heterocycles. The Labute approximate surface area is 108 Å². The van der Waals surface area contributed by atoms with E-state index in [9.17, 15) is 0 Å². The number of aryl methyl sites for hydroxylation is 1. The summed E-state index contributed by atoms with van der Waals surface area (Å²) in [6, 6.07) is 0. The summed E-state index contributed by atoms with van der Waals surface area (Å²) in [7, 11) is 0. The van der Waals surface area contributed by atoms with Gasteiger partial charge in [0.25, 0.3) is 0 Å². The van der Waals surface area contributed by atoms with Crippen LogP contribution in [0.4, 0.5) is 0 Å². The molecule has 0 atom stereocenters. The number of thioether (sulfide) groups is 1. The van der Waals surface area contributed by atoms with E-state index in [1.54, 1.807) is 0 Å². The topological polar surface area (TPSA) is 29.9 Å². The van der Waals surface area contributed by atoms with Gasteiger partial charge in [-0.15, -0.1) is 0 Å². The first kappa shape index (κ1) is 13.0. The number of rotatable bonds is 7. The molecule has 1 N–H and O–H groups in total. The van der Waals surface area contributed by atoms with Crippen LogP contribution in [-0.2, 0) is 13.1 Å². The quantitative estimate of drug-likeness (QED) is 0.810. The third-order valence-corrected chi connectivity index (χ3v) is 5.13. The minimum Gasteiger partial charge on any atom is -0.333 e. The number of hydrogen-bond acceptors (Lipinski definition) is 3. The van der Waals surface area contributed by atoms with Gasteiger partial charge in [0.2, 0.25) is 0 Å². The molecule has 4 heteroatoms. The summed E-state index contributed by atoms with van der Waals surface area (Å²) in [5.74, 6) is 0. The van der Waals surface area contributed by atoms with E-state index in [4.69, 9.17) is 0 Å². The summed E-state index contributed by atoms with van der Waals surface area (Å²) in [6.45, 7) is 5.35. The Morgan fingerprint density at radius 2 is 2.35 bits per heavy atom. The van der Waals surface area contributed by atoms with E-state index in [1.807, 2.05) is 24.3 Å². The van der Waals surface area contributed by atoms with Crippen molar-refractivity contribution in [1.82, 2.24) is 14.9 Å². The SMILES string of the molecule is CCCn1cncc1CNCC1(SC)CCC1. The van der Waals surface area contributed by atoms with E-state index in [0.717, 1.165) is 26.1 Å². The van der Waals surface area contributed by atoms with Crippen LogP contribution in [0.2, 0.25) is 0 Å². The van der Waals surface area contributed by atoms with E-state index >= 15 is 0 Å². The Morgan fingerprint density at radius 1 is 1.53 bits per heavy atom. The first-order valence-corrected chi connectivity index (χ1v) is 7.77. The molecule has 1 aliphatic carbocycles. The average molecular weight is 253 g/mol. The maximum Gasteiger partial charge on any atom is 0.0948 e. The standard InChI is InChI=1S/C13H23N3S/c1-3-7-16-11-15-9-12(16)8-14-10-13(17-2)5-4-6-13/h9,11,14H,3-8,10H2,1-2H3. The van der Waals surface area contributed by atoms with Gasteiger partial charge < -0.3 is 9.88 Å². The van der Waals surface area contributed by atoms with Crippen LogP contribution in [0, 0.1) is 0 Å². The van der Waals surface area contributed by atoms with Crippen molar-refractivity contribution in [2.24, 2.45) is 0 Å². The molecule has 0 bridgehead atoms. The lowest BCUT2D eigenvalue weighted by molar-refractivity contribution is 0.344. The number of imidazole rings is 1. The average Bonchev–Trinajstić information content (AvgIpc) is 2.71. The van der Waals surface area contributed by atoms with Crippen molar-refractivity contribution in [2.45, 2.75) is 50.4 Å². The van der Waals surface area contributed by atoms with Crippen LogP contribution in [0.25, 0.3) is 0 Å². The fourth-order valence-electron chi connectivity index (χ4n) is 2.38. The molecule has 17 heavy (non-hydrogen) atoms. The van der Waals surface area contributed by atoms with Crippen LogP contribution >= 0.6 is 11.8 Å². The minimum atomic E-state index is 0.523. The molecule has 0 aromatic carbocycles. The Morgan fingerprint density at radius 3 is 2.94 bits per heavy atom. The summed E-state index contributed by atoms with van der Waals surface area (Å²) >= 11 is 2.03. The molecule has 1 aliphatic rings. The fraction of sp³-hybridized carbons (Fsp3) is 0.769. The molecule has 2 rings (SSSR count). The Hall–Kier alpha value is -0.480. The van der Waals surface area contributed by atoms with Gasteiger partial charge in [-0.3, -0.25) is 0 Å². The van der Waals surface area contributed by atoms with Gasteiger partial charge in [-0.25, -0.2) is 4.98 Å². The van der Waals surface area contributed by atoms with Crippen LogP contribution in [0.15, 0.2) is 12.5 Å². The lowest BCUT2D eigenvalue weighted by Gasteiger charge is -2.40. The van der Waals surface area contributed by atoms with E-state index in [-0.39, 0.29) is 0 Å². The summed E-state index contributed by atoms with van der Waals surface area (Å²) in [6.07, 6.45) is 11.5. The second kappa shape index (κ2) is 5.91. The molecule has 0 radical (unpaired) electrons. The maximum absolute atomic E-state index is 4.23. The normalized spacial score (nSPS) is 18.0. The first-order valence-electron chi connectivity index (χ1n) is 6.54. The zero-order valence-electron chi connectivity index (χ0n) is 10.9. The summed E-state index contributed by atoms with van der Waals surface area (Å²) in [4.78, 5) is 4.23. The largest absolute Gasteiger partial charge is 0.333 e. The predicted molar refractivity (Wildman–Crippen MR) is 74.3 cm³/mol. The third-order valence-electron chi connectivity index (χ3n) is 3.71. The second-order valence-electron chi connectivity index (χ2n) is 4.92. The highest BCUT2D eigenvalue weighted by Crippen LogP contribution is 2.42. The molecule has 96 valence electrons. The summed E-state index contributed by atoms with van der Waals surface area (Å²) < 4.78 is 2.77. The fourth-order valence-corrected chi connectivity index (χ4v) is 3.32. The number of hydrogen-bond donors (Lipinski definition) is 1. The second-order valence-corrected chi connectivity index (χ2v) is 6.20. The van der Waals surface area contributed by atoms with E-state index < -0.39 is 0 Å². The summed E-state index contributed by atoms with van der Waals surface area (Å²) in [5.41, 5.74) is 1.31. The van der Waals surface area contributed by atoms with Gasteiger partial charge in [0.05, 0.1) is 12.0 Å². The Kier molecular flexibility index (Phi) is 4.51. The summed E-state index contributed by atoms with van der Waals surface area (Å²) in [5, 5.41) is 3.60. The number of nitrogens with zero attached hydrogens (tertiary/aromatic N) is 2. The molecule has 1 fully saturated rings. The zero-order chi connectivity index (χ0) is 12.1. The van der Waals surface area contributed by atoms with Gasteiger partial charge in [-0.2, -0.15) is 11.8 Å². The Bertz CT molecular complexity index is 339. The molecule has 1 aromatic heterocycles. The van der Waals surface area contributed by atoms with E-state index in [0.29, 0.717) is 4.75 Å². The van der Waals surface area contributed by atoms with Gasteiger partial charge in [0.1, 0.15) is 0 Å². The lowest BCUT2D eigenvalue weighted by Crippen LogP contribution is -2.43. The van der Waals surface area contributed by atoms with Gasteiger partial charge in [0.15, 0.2) is 0 Å².